The first-order chi connectivity index (χ1) is 12.3. The van der Waals surface area contributed by atoms with Crippen LogP contribution in [0.2, 0.25) is 0 Å². The van der Waals surface area contributed by atoms with Gasteiger partial charge in [-0.05, 0) is 36.0 Å². The van der Waals surface area contributed by atoms with Crippen molar-refractivity contribution in [2.45, 2.75) is 46.5 Å². The molecule has 1 saturated carbocycles. The topological polar surface area (TPSA) is 65.0 Å². The minimum absolute atomic E-state index is 0.0120. The molecule has 0 amide bonds. The van der Waals surface area contributed by atoms with E-state index in [9.17, 15) is 9.59 Å². The second-order valence-corrected chi connectivity index (χ2v) is 7.55. The number of benzene rings is 1. The van der Waals surface area contributed by atoms with E-state index in [0.717, 1.165) is 11.3 Å². The van der Waals surface area contributed by atoms with Crippen molar-refractivity contribution >= 4 is 17.3 Å². The van der Waals surface area contributed by atoms with Crippen molar-refractivity contribution in [2.24, 2.45) is 16.3 Å². The third-order valence-corrected chi connectivity index (χ3v) is 4.81. The zero-order chi connectivity index (χ0) is 19.3. The first-order valence-corrected chi connectivity index (χ1v) is 9.11. The maximum absolute atomic E-state index is 12.5. The molecule has 0 aromatic heterocycles. The van der Waals surface area contributed by atoms with Crippen LogP contribution in [0.1, 0.15) is 45.6 Å². The van der Waals surface area contributed by atoms with Gasteiger partial charge >= 0.3 is 0 Å². The molecule has 2 rings (SSSR count). The van der Waals surface area contributed by atoms with Crippen molar-refractivity contribution in [3.8, 4) is 11.5 Å². The van der Waals surface area contributed by atoms with Crippen LogP contribution in [0.5, 0.6) is 11.5 Å². The summed E-state index contributed by atoms with van der Waals surface area (Å²) in [6.07, 6.45) is 2.22. The summed E-state index contributed by atoms with van der Waals surface area (Å²) in [6.45, 7) is 6.44. The number of aliphatic imine (C=N–C) groups is 1. The van der Waals surface area contributed by atoms with E-state index in [2.05, 4.69) is 4.99 Å². The summed E-state index contributed by atoms with van der Waals surface area (Å²) in [5.41, 5.74) is 1.56. The molecule has 5 heteroatoms. The summed E-state index contributed by atoms with van der Waals surface area (Å²) in [6, 6.07) is 5.77. The molecule has 1 aliphatic carbocycles. The number of methoxy groups -OCH3 is 2. The minimum atomic E-state index is -0.640. The van der Waals surface area contributed by atoms with Crippen LogP contribution in [-0.4, -0.2) is 38.0 Å². The van der Waals surface area contributed by atoms with Crippen LogP contribution in [0, 0.1) is 11.3 Å². The Morgan fingerprint density at radius 2 is 1.73 bits per heavy atom. The van der Waals surface area contributed by atoms with Gasteiger partial charge in [0.25, 0.3) is 0 Å². The van der Waals surface area contributed by atoms with Gasteiger partial charge in [0.1, 0.15) is 17.5 Å². The van der Waals surface area contributed by atoms with E-state index >= 15 is 0 Å². The Morgan fingerprint density at radius 3 is 2.27 bits per heavy atom. The fraction of sp³-hybridized carbons (Fsp3) is 0.571. The Balaban J connectivity index is 2.08. The lowest BCUT2D eigenvalue weighted by Crippen LogP contribution is -2.41. The average molecular weight is 359 g/mol. The number of rotatable bonds is 7. The summed E-state index contributed by atoms with van der Waals surface area (Å²) in [7, 11) is 3.21. The molecule has 0 saturated heterocycles. The number of hydrogen-bond acceptors (Lipinski definition) is 5. The first kappa shape index (κ1) is 20.1. The van der Waals surface area contributed by atoms with E-state index in [1.165, 1.54) is 0 Å². The molecule has 0 heterocycles. The van der Waals surface area contributed by atoms with E-state index in [1.807, 2.05) is 39.0 Å². The van der Waals surface area contributed by atoms with Gasteiger partial charge in [0.15, 0.2) is 11.5 Å². The monoisotopic (exact) mass is 359 g/mol. The van der Waals surface area contributed by atoms with Gasteiger partial charge in [-0.1, -0.05) is 26.8 Å². The highest BCUT2D eigenvalue weighted by atomic mass is 16.5. The molecular formula is C21H29NO4. The molecule has 0 bridgehead atoms. The van der Waals surface area contributed by atoms with Crippen LogP contribution in [0.3, 0.4) is 0 Å². The van der Waals surface area contributed by atoms with Crippen LogP contribution >= 0.6 is 0 Å². The molecule has 1 aliphatic rings. The Kier molecular flexibility index (Phi) is 6.57. The highest BCUT2D eigenvalue weighted by Gasteiger charge is 2.41. The minimum Gasteiger partial charge on any atom is -0.493 e. The molecule has 0 atom stereocenters. The number of nitrogens with zero attached hydrogens (tertiary/aromatic N) is 1. The van der Waals surface area contributed by atoms with Gasteiger partial charge in [0.2, 0.25) is 0 Å². The van der Waals surface area contributed by atoms with Gasteiger partial charge in [-0.2, -0.15) is 0 Å². The van der Waals surface area contributed by atoms with Crippen LogP contribution in [-0.2, 0) is 16.0 Å². The number of ether oxygens (including phenoxy) is 2. The summed E-state index contributed by atoms with van der Waals surface area (Å²) in [5, 5.41) is 0. The standard InChI is InChI=1S/C21H29NO4/c1-6-15(20-16(23)12-21(2,3)13-17(20)24)22-10-9-14-7-8-18(25-4)19(11-14)26-5/h7-8,11,20H,6,9-10,12-13H2,1-5H3. The summed E-state index contributed by atoms with van der Waals surface area (Å²) in [4.78, 5) is 29.6. The molecule has 26 heavy (non-hydrogen) atoms. The maximum Gasteiger partial charge on any atom is 0.160 e. The van der Waals surface area contributed by atoms with Crippen LogP contribution < -0.4 is 9.47 Å². The van der Waals surface area contributed by atoms with Crippen molar-refractivity contribution in [1.82, 2.24) is 0 Å². The Bertz CT molecular complexity index is 686. The highest BCUT2D eigenvalue weighted by Crippen LogP contribution is 2.35. The largest absolute Gasteiger partial charge is 0.493 e. The summed E-state index contributed by atoms with van der Waals surface area (Å²) >= 11 is 0. The third kappa shape index (κ3) is 4.71. The molecule has 0 radical (unpaired) electrons. The van der Waals surface area contributed by atoms with Gasteiger partial charge < -0.3 is 9.47 Å². The lowest BCUT2D eigenvalue weighted by atomic mass is 9.70. The van der Waals surface area contributed by atoms with E-state index in [0.29, 0.717) is 43.7 Å². The SMILES string of the molecule is CCC(=NCCc1ccc(OC)c(OC)c1)C1C(=O)CC(C)(C)CC1=O. The fourth-order valence-corrected chi connectivity index (χ4v) is 3.53. The van der Waals surface area contributed by atoms with E-state index in [-0.39, 0.29) is 17.0 Å². The normalized spacial score (nSPS) is 18.1. The molecule has 0 aliphatic heterocycles. The van der Waals surface area contributed by atoms with Gasteiger partial charge in [-0.15, -0.1) is 0 Å². The fourth-order valence-electron chi connectivity index (χ4n) is 3.53. The van der Waals surface area contributed by atoms with Gasteiger partial charge in [0, 0.05) is 25.1 Å². The first-order valence-electron chi connectivity index (χ1n) is 9.11. The highest BCUT2D eigenvalue weighted by molar-refractivity contribution is 6.22. The van der Waals surface area contributed by atoms with Crippen molar-refractivity contribution in [3.63, 3.8) is 0 Å². The van der Waals surface area contributed by atoms with Crippen molar-refractivity contribution in [3.05, 3.63) is 23.8 Å². The lowest BCUT2D eigenvalue weighted by Gasteiger charge is -2.32. The lowest BCUT2D eigenvalue weighted by molar-refractivity contribution is -0.136. The Labute approximate surface area is 155 Å². The maximum atomic E-state index is 12.5. The Hall–Kier alpha value is -2.17. The predicted octanol–water partition coefficient (Wildman–Crippen LogP) is 3.67. The average Bonchev–Trinajstić information content (AvgIpc) is 2.58. The van der Waals surface area contributed by atoms with Gasteiger partial charge in [-0.25, -0.2) is 0 Å². The molecular weight excluding hydrogens is 330 g/mol. The van der Waals surface area contributed by atoms with E-state index in [4.69, 9.17) is 9.47 Å². The van der Waals surface area contributed by atoms with Crippen molar-refractivity contribution in [2.75, 3.05) is 20.8 Å². The number of carbonyl (C=O) groups excluding carboxylic acids is 2. The molecule has 1 fully saturated rings. The van der Waals surface area contributed by atoms with Crippen molar-refractivity contribution in [1.29, 1.82) is 0 Å². The molecule has 1 aromatic carbocycles. The quantitative estimate of drug-likeness (QED) is 0.550. The van der Waals surface area contributed by atoms with E-state index < -0.39 is 5.92 Å². The molecule has 5 nitrogen and oxygen atoms in total. The van der Waals surface area contributed by atoms with Crippen molar-refractivity contribution < 1.29 is 19.1 Å². The number of ketones is 2. The second-order valence-electron chi connectivity index (χ2n) is 7.55. The summed E-state index contributed by atoms with van der Waals surface area (Å²) < 4.78 is 10.6. The third-order valence-electron chi connectivity index (χ3n) is 4.81. The van der Waals surface area contributed by atoms with Gasteiger partial charge in [0.05, 0.1) is 14.2 Å². The van der Waals surface area contributed by atoms with Crippen LogP contribution in [0.25, 0.3) is 0 Å². The van der Waals surface area contributed by atoms with E-state index in [1.54, 1.807) is 14.2 Å². The predicted molar refractivity (Wildman–Crippen MR) is 102 cm³/mol. The zero-order valence-corrected chi connectivity index (χ0v) is 16.4. The zero-order valence-electron chi connectivity index (χ0n) is 16.4. The summed E-state index contributed by atoms with van der Waals surface area (Å²) in [5.74, 6) is 0.758. The smallest absolute Gasteiger partial charge is 0.160 e. The second kappa shape index (κ2) is 8.47. The van der Waals surface area contributed by atoms with Gasteiger partial charge in [-0.3, -0.25) is 14.6 Å². The molecule has 0 unspecified atom stereocenters. The number of carbonyl (C=O) groups is 2. The molecule has 0 N–H and O–H groups in total. The van der Waals surface area contributed by atoms with Crippen LogP contribution in [0.4, 0.5) is 0 Å². The number of hydrogen-bond donors (Lipinski definition) is 0. The Morgan fingerprint density at radius 1 is 1.12 bits per heavy atom. The molecule has 1 aromatic rings. The molecule has 0 spiro atoms. The number of Topliss-reactive ketones (excluding diaryl/α,β-unsaturated/α-hetero) is 2. The van der Waals surface area contributed by atoms with Crippen LogP contribution in [0.15, 0.2) is 23.2 Å². The molecule has 142 valence electrons.